The lowest BCUT2D eigenvalue weighted by atomic mass is 10.3. The van der Waals surface area contributed by atoms with Crippen molar-refractivity contribution in [1.29, 1.82) is 0 Å². The predicted octanol–water partition coefficient (Wildman–Crippen LogP) is 2.32. The van der Waals surface area contributed by atoms with E-state index in [1.165, 1.54) is 12.1 Å². The fraction of sp³-hybridized carbons (Fsp3) is 0. The summed E-state index contributed by atoms with van der Waals surface area (Å²) in [5, 5.41) is 12.0. The smallest absolute Gasteiger partial charge is 0.271 e. The van der Waals surface area contributed by atoms with Crippen LogP contribution in [0.4, 0.5) is 11.4 Å². The Morgan fingerprint density at radius 1 is 1.47 bits per heavy atom. The van der Waals surface area contributed by atoms with Gasteiger partial charge in [0.25, 0.3) is 5.69 Å². The molecule has 1 heterocycles. The molecule has 0 spiro atoms. The summed E-state index contributed by atoms with van der Waals surface area (Å²) in [4.78, 5) is 13.4. The number of rotatable bonds is 1. The van der Waals surface area contributed by atoms with E-state index in [0.29, 0.717) is 5.69 Å². The highest BCUT2D eigenvalue weighted by Gasteiger charge is 2.02. The van der Waals surface area contributed by atoms with Crippen molar-refractivity contribution in [2.24, 2.45) is 0 Å². The fourth-order valence-electron chi connectivity index (χ4n) is 0.814. The van der Waals surface area contributed by atoms with Crippen molar-refractivity contribution in [3.05, 3.63) is 51.5 Å². The van der Waals surface area contributed by atoms with Gasteiger partial charge in [-0.05, 0) is 6.07 Å². The van der Waals surface area contributed by atoms with Gasteiger partial charge in [-0.1, -0.05) is 6.07 Å². The van der Waals surface area contributed by atoms with E-state index in [-0.39, 0.29) is 5.69 Å². The zero-order valence-electron chi connectivity index (χ0n) is 7.74. The Morgan fingerprint density at radius 2 is 2.27 bits per heavy atom. The van der Waals surface area contributed by atoms with Gasteiger partial charge in [-0.2, -0.15) is 0 Å². The number of nitro benzene ring substituents is 1. The molecule has 0 aliphatic heterocycles. The third-order valence-electron chi connectivity index (χ3n) is 1.43. The Balaban J connectivity index is 0.000000187. The van der Waals surface area contributed by atoms with Crippen LogP contribution in [0.1, 0.15) is 0 Å². The molecule has 0 amide bonds. The molecule has 2 aromatic rings. The summed E-state index contributed by atoms with van der Waals surface area (Å²) in [7, 11) is 0. The first-order valence-electron chi connectivity index (χ1n) is 4.02. The van der Waals surface area contributed by atoms with Gasteiger partial charge in [0.15, 0.2) is 0 Å². The lowest BCUT2D eigenvalue weighted by molar-refractivity contribution is -0.384. The molecule has 1 aromatic heterocycles. The second-order valence-electron chi connectivity index (χ2n) is 2.53. The predicted molar refractivity (Wildman–Crippen MR) is 59.6 cm³/mol. The first kappa shape index (κ1) is 11.1. The van der Waals surface area contributed by atoms with Gasteiger partial charge in [0.1, 0.15) is 0 Å². The van der Waals surface area contributed by atoms with Crippen molar-refractivity contribution in [2.45, 2.75) is 0 Å². The van der Waals surface area contributed by atoms with E-state index < -0.39 is 4.92 Å². The summed E-state index contributed by atoms with van der Waals surface area (Å²) in [6, 6.07) is 5.87. The van der Waals surface area contributed by atoms with Crippen molar-refractivity contribution in [2.75, 3.05) is 5.73 Å². The Bertz CT molecular complexity index is 400. The molecule has 0 saturated heterocycles. The highest BCUT2D eigenvalue weighted by molar-refractivity contribution is 7.07. The summed E-state index contributed by atoms with van der Waals surface area (Å²) in [5.41, 5.74) is 7.52. The molecule has 0 bridgehead atoms. The van der Waals surface area contributed by atoms with Gasteiger partial charge < -0.3 is 5.73 Å². The minimum Gasteiger partial charge on any atom is -0.399 e. The van der Waals surface area contributed by atoms with Crippen LogP contribution < -0.4 is 5.73 Å². The van der Waals surface area contributed by atoms with Crippen LogP contribution in [0.2, 0.25) is 0 Å². The molecule has 15 heavy (non-hydrogen) atoms. The normalized spacial score (nSPS) is 8.80. The Kier molecular flexibility index (Phi) is 4.24. The quantitative estimate of drug-likeness (QED) is 0.457. The lowest BCUT2D eigenvalue weighted by Crippen LogP contribution is -1.89. The van der Waals surface area contributed by atoms with Gasteiger partial charge in [0.2, 0.25) is 0 Å². The molecular formula is C9H9N3O2S. The van der Waals surface area contributed by atoms with Crippen molar-refractivity contribution in [3.63, 3.8) is 0 Å². The molecule has 0 aliphatic carbocycles. The average Bonchev–Trinajstić information content (AvgIpc) is 2.75. The summed E-state index contributed by atoms with van der Waals surface area (Å²) >= 11 is 1.60. The van der Waals surface area contributed by atoms with Gasteiger partial charge in [0.05, 0.1) is 10.4 Å². The molecule has 6 heteroatoms. The number of benzene rings is 1. The molecule has 78 valence electrons. The maximum atomic E-state index is 10.1. The van der Waals surface area contributed by atoms with Gasteiger partial charge in [0, 0.05) is 29.4 Å². The molecule has 0 unspecified atom stereocenters. The molecule has 0 aliphatic rings. The van der Waals surface area contributed by atoms with E-state index >= 15 is 0 Å². The number of thiazole rings is 1. The van der Waals surface area contributed by atoms with Crippen LogP contribution in [0.3, 0.4) is 0 Å². The maximum Gasteiger partial charge on any atom is 0.271 e. The van der Waals surface area contributed by atoms with Crippen LogP contribution in [-0.4, -0.2) is 9.91 Å². The van der Waals surface area contributed by atoms with Gasteiger partial charge >= 0.3 is 0 Å². The molecule has 0 atom stereocenters. The molecule has 2 N–H and O–H groups in total. The third-order valence-corrected chi connectivity index (χ3v) is 1.95. The zero-order chi connectivity index (χ0) is 11.1. The summed E-state index contributed by atoms with van der Waals surface area (Å²) in [6.45, 7) is 0. The minimum absolute atomic E-state index is 0.0278. The van der Waals surface area contributed by atoms with Crippen LogP contribution in [0.15, 0.2) is 41.4 Å². The van der Waals surface area contributed by atoms with Crippen LogP contribution in [0.5, 0.6) is 0 Å². The summed E-state index contributed by atoms with van der Waals surface area (Å²) < 4.78 is 0. The largest absolute Gasteiger partial charge is 0.399 e. The average molecular weight is 223 g/mol. The SMILES string of the molecule is Nc1cccc([N+](=O)[O-])c1.c1cscn1. The Morgan fingerprint density at radius 3 is 2.60 bits per heavy atom. The molecule has 0 fully saturated rings. The Labute approximate surface area is 90.3 Å². The van der Waals surface area contributed by atoms with Crippen molar-refractivity contribution < 1.29 is 4.92 Å². The van der Waals surface area contributed by atoms with E-state index in [9.17, 15) is 10.1 Å². The first-order valence-corrected chi connectivity index (χ1v) is 4.96. The number of nitrogens with two attached hydrogens (primary N) is 1. The molecule has 2 rings (SSSR count). The van der Waals surface area contributed by atoms with Crippen LogP contribution in [0, 0.1) is 10.1 Å². The maximum absolute atomic E-state index is 10.1. The zero-order valence-corrected chi connectivity index (χ0v) is 8.55. The summed E-state index contributed by atoms with van der Waals surface area (Å²) in [5.74, 6) is 0. The van der Waals surface area contributed by atoms with Crippen LogP contribution in [0.25, 0.3) is 0 Å². The second-order valence-corrected chi connectivity index (χ2v) is 3.28. The fourth-order valence-corrected chi connectivity index (χ4v) is 1.17. The summed E-state index contributed by atoms with van der Waals surface area (Å²) in [6.07, 6.45) is 1.77. The van der Waals surface area contributed by atoms with E-state index in [4.69, 9.17) is 5.73 Å². The third kappa shape index (κ3) is 4.19. The molecule has 0 radical (unpaired) electrons. The van der Waals surface area contributed by atoms with E-state index in [1.807, 2.05) is 5.38 Å². The number of hydrogen-bond donors (Lipinski definition) is 1. The number of anilines is 1. The molecular weight excluding hydrogens is 214 g/mol. The minimum atomic E-state index is -0.476. The topological polar surface area (TPSA) is 82.0 Å². The molecule has 0 saturated carbocycles. The first-order chi connectivity index (χ1) is 7.20. The highest BCUT2D eigenvalue weighted by Crippen LogP contribution is 2.13. The van der Waals surface area contributed by atoms with E-state index in [0.717, 1.165) is 0 Å². The Hall–Kier alpha value is -1.95. The monoisotopic (exact) mass is 223 g/mol. The highest BCUT2D eigenvalue weighted by atomic mass is 32.1. The van der Waals surface area contributed by atoms with E-state index in [2.05, 4.69) is 4.98 Å². The van der Waals surface area contributed by atoms with Crippen molar-refractivity contribution >= 4 is 22.7 Å². The van der Waals surface area contributed by atoms with Gasteiger partial charge in [-0.3, -0.25) is 15.1 Å². The molecule has 5 nitrogen and oxygen atoms in total. The second kappa shape index (κ2) is 5.71. The standard InChI is InChI=1S/C6H6N2O2.C3H3NS/c7-5-2-1-3-6(4-5)8(9)10;1-2-5-3-4-1/h1-4H,7H2;1-3H. The number of nitrogens with zero attached hydrogens (tertiary/aromatic N) is 2. The number of nitrogen functional groups attached to an aromatic ring is 1. The van der Waals surface area contributed by atoms with Gasteiger partial charge in [-0.25, -0.2) is 0 Å². The van der Waals surface area contributed by atoms with Gasteiger partial charge in [-0.15, -0.1) is 11.3 Å². The van der Waals surface area contributed by atoms with Crippen LogP contribution >= 0.6 is 11.3 Å². The van der Waals surface area contributed by atoms with E-state index in [1.54, 1.807) is 35.2 Å². The van der Waals surface area contributed by atoms with Crippen molar-refractivity contribution in [1.82, 2.24) is 4.98 Å². The lowest BCUT2D eigenvalue weighted by Gasteiger charge is -1.90. The molecule has 1 aromatic carbocycles. The number of hydrogen-bond acceptors (Lipinski definition) is 5. The van der Waals surface area contributed by atoms with Crippen molar-refractivity contribution in [3.8, 4) is 0 Å². The number of non-ortho nitro benzene ring substituents is 1. The number of aromatic nitrogens is 1. The van der Waals surface area contributed by atoms with Crippen LogP contribution in [-0.2, 0) is 0 Å². The number of nitro groups is 1.